The van der Waals surface area contributed by atoms with Crippen LogP contribution in [0.4, 0.5) is 4.79 Å². The molecular formula is C38H47ClN6O7S2. The summed E-state index contributed by atoms with van der Waals surface area (Å²) in [5.74, 6) is -0.221. The van der Waals surface area contributed by atoms with E-state index in [2.05, 4.69) is 23.9 Å². The molecule has 0 radical (unpaired) electrons. The van der Waals surface area contributed by atoms with Gasteiger partial charge in [-0.1, -0.05) is 37.6 Å². The second-order valence-corrected chi connectivity index (χ2v) is 19.0. The Bertz CT molecular complexity index is 2150. The van der Waals surface area contributed by atoms with Gasteiger partial charge in [-0.3, -0.25) is 14.3 Å². The largest absolute Gasteiger partial charge is 0.495 e. The number of fused-ring (bicyclic) bond motifs is 3. The number of rotatable bonds is 8. The Morgan fingerprint density at radius 2 is 1.94 bits per heavy atom. The van der Waals surface area contributed by atoms with Crippen LogP contribution in [0, 0.1) is 12.8 Å². The number of allylic oxidation sites excluding steroid dienone is 1. The Morgan fingerprint density at radius 3 is 2.63 bits per heavy atom. The molecule has 16 heteroatoms. The first kappa shape index (κ1) is 38.3. The molecule has 13 nitrogen and oxygen atoms in total. The molecule has 0 unspecified atom stereocenters. The molecule has 0 bridgehead atoms. The molecule has 0 spiro atoms. The molecule has 1 saturated heterocycles. The highest BCUT2D eigenvalue weighted by molar-refractivity contribution is 7.91. The molecule has 4 atom stereocenters. The highest BCUT2D eigenvalue weighted by Crippen LogP contribution is 2.48. The monoisotopic (exact) mass is 798 g/mol. The molecule has 2 aromatic heterocycles. The summed E-state index contributed by atoms with van der Waals surface area (Å²) in [5.41, 5.74) is 1.42. The van der Waals surface area contributed by atoms with Crippen LogP contribution in [0.15, 0.2) is 29.7 Å². The summed E-state index contributed by atoms with van der Waals surface area (Å²) >= 11 is 8.17. The van der Waals surface area contributed by atoms with E-state index in [9.17, 15) is 22.8 Å². The van der Waals surface area contributed by atoms with Gasteiger partial charge in [-0.05, 0) is 64.4 Å². The van der Waals surface area contributed by atoms with Crippen LogP contribution >= 0.6 is 22.9 Å². The quantitative estimate of drug-likeness (QED) is 0.263. The Hall–Kier alpha value is -3.95. The molecule has 4 amide bonds. The molecule has 54 heavy (non-hydrogen) atoms. The number of ether oxygens (including phenoxy) is 2. The third kappa shape index (κ3) is 7.03. The number of aryl methyl sites for hydroxylation is 1. The highest BCUT2D eigenvalue weighted by Gasteiger charge is 2.63. The average Bonchev–Trinajstić information content (AvgIpc) is 3.89. The van der Waals surface area contributed by atoms with Gasteiger partial charge in [-0.25, -0.2) is 23.2 Å². The second kappa shape index (κ2) is 14.3. The van der Waals surface area contributed by atoms with Crippen molar-refractivity contribution in [3.8, 4) is 22.2 Å². The summed E-state index contributed by atoms with van der Waals surface area (Å²) in [4.78, 5) is 55.0. The fourth-order valence-electron chi connectivity index (χ4n) is 7.35. The third-order valence-corrected chi connectivity index (χ3v) is 14.6. The zero-order valence-electron chi connectivity index (χ0n) is 31.4. The number of amides is 4. The number of thiazole rings is 1. The molecule has 3 aromatic rings. The van der Waals surface area contributed by atoms with Crippen molar-refractivity contribution in [2.45, 2.75) is 101 Å². The van der Waals surface area contributed by atoms with Crippen LogP contribution in [0.25, 0.3) is 21.6 Å². The lowest BCUT2D eigenvalue weighted by molar-refractivity contribution is -0.134. The Kier molecular flexibility index (Phi) is 10.1. The number of benzene rings is 1. The van der Waals surface area contributed by atoms with Crippen molar-refractivity contribution in [2.75, 3.05) is 27.2 Å². The van der Waals surface area contributed by atoms with E-state index in [0.29, 0.717) is 57.5 Å². The smallest absolute Gasteiger partial charge is 0.319 e. The number of sulfonamides is 1. The standard InChI is InChI=1S/C38H47ClN6O7S2/c1-21(2)28-20-53-33(41-28)27-17-30(25-16-26(39)32(51-6)22(3)31(25)40-27)52-24-15-29-34(46)44(5)14-10-8-7-9-11-23-18-38(23,42-36(48)45(29)19-24)35(47)43-54(49,50)37(4)12-13-37/h9,11,16-17,20-21,23-24,29H,7-8,10,12-15,18-19H2,1-6H3,(H,42,48)(H,43,47)/b11-9-/t23-,24+,29+,38-/m1/s1. The van der Waals surface area contributed by atoms with Crippen LogP contribution in [0.3, 0.4) is 0 Å². The lowest BCUT2D eigenvalue weighted by Gasteiger charge is -2.30. The van der Waals surface area contributed by atoms with Gasteiger partial charge >= 0.3 is 6.03 Å². The van der Waals surface area contributed by atoms with E-state index in [1.807, 2.05) is 30.5 Å². The second-order valence-electron chi connectivity index (χ2n) is 15.6. The van der Waals surface area contributed by atoms with Gasteiger partial charge in [0.15, 0.2) is 0 Å². The van der Waals surface area contributed by atoms with Crippen molar-refractivity contribution in [3.05, 3.63) is 45.9 Å². The fourth-order valence-corrected chi connectivity index (χ4v) is 9.93. The van der Waals surface area contributed by atoms with Crippen LogP contribution in [-0.2, 0) is 19.6 Å². The summed E-state index contributed by atoms with van der Waals surface area (Å²) in [6.45, 7) is 8.18. The van der Waals surface area contributed by atoms with Gasteiger partial charge in [0.1, 0.15) is 39.9 Å². The molecule has 2 aliphatic carbocycles. The van der Waals surface area contributed by atoms with Crippen LogP contribution in [0.5, 0.6) is 11.5 Å². The lowest BCUT2D eigenvalue weighted by Crippen LogP contribution is -2.58. The summed E-state index contributed by atoms with van der Waals surface area (Å²) in [7, 11) is -0.677. The van der Waals surface area contributed by atoms with Crippen LogP contribution in [0.2, 0.25) is 5.02 Å². The van der Waals surface area contributed by atoms with Crippen molar-refractivity contribution in [2.24, 2.45) is 5.92 Å². The number of halogens is 1. The Balaban J connectivity index is 1.23. The number of nitrogens with one attached hydrogen (secondary N) is 2. The summed E-state index contributed by atoms with van der Waals surface area (Å²) < 4.78 is 39.8. The Labute approximate surface area is 324 Å². The number of hydrogen-bond acceptors (Lipinski definition) is 10. The number of carbonyl (C=O) groups is 3. The SMILES string of the molecule is COc1c(Cl)cc2c(O[C@H]3C[C@H]4C(=O)N(C)CCCC/C=C\[C@@H]5C[C@@]5(C(=O)NS(=O)(=O)C5(C)CC5)NC(=O)N4C3)cc(-c3nc(C(C)C)cs3)nc2c1C. The summed E-state index contributed by atoms with van der Waals surface area (Å²) in [5, 5.41) is 6.64. The van der Waals surface area contributed by atoms with Gasteiger partial charge in [0.2, 0.25) is 15.9 Å². The van der Waals surface area contributed by atoms with E-state index >= 15 is 0 Å². The highest BCUT2D eigenvalue weighted by atomic mass is 35.5. The number of pyridine rings is 1. The van der Waals surface area contributed by atoms with E-state index in [1.54, 1.807) is 32.0 Å². The number of urea groups is 1. The van der Waals surface area contributed by atoms with Crippen molar-refractivity contribution in [3.63, 3.8) is 0 Å². The maximum atomic E-state index is 14.3. The molecule has 2 N–H and O–H groups in total. The van der Waals surface area contributed by atoms with E-state index in [0.717, 1.165) is 30.5 Å². The van der Waals surface area contributed by atoms with Crippen molar-refractivity contribution in [1.82, 2.24) is 29.8 Å². The minimum Gasteiger partial charge on any atom is -0.495 e. The predicted octanol–water partition coefficient (Wildman–Crippen LogP) is 5.94. The summed E-state index contributed by atoms with van der Waals surface area (Å²) in [6, 6.07) is 2.03. The van der Waals surface area contributed by atoms with Gasteiger partial charge in [0.05, 0.1) is 34.6 Å². The first-order valence-corrected chi connectivity index (χ1v) is 21.2. The number of nitrogens with zero attached hydrogens (tertiary/aromatic N) is 4. The molecule has 2 saturated carbocycles. The Morgan fingerprint density at radius 1 is 1.19 bits per heavy atom. The van der Waals surface area contributed by atoms with Gasteiger partial charge in [-0.15, -0.1) is 11.3 Å². The van der Waals surface area contributed by atoms with Gasteiger partial charge in [0, 0.05) is 48.3 Å². The van der Waals surface area contributed by atoms with Crippen LogP contribution in [-0.4, -0.2) is 95.7 Å². The van der Waals surface area contributed by atoms with E-state index < -0.39 is 50.3 Å². The van der Waals surface area contributed by atoms with Crippen molar-refractivity contribution < 1.29 is 32.3 Å². The lowest BCUT2D eigenvalue weighted by atomic mass is 10.1. The number of carbonyl (C=O) groups excluding carboxylic acids is 3. The van der Waals surface area contributed by atoms with E-state index in [1.165, 1.54) is 16.2 Å². The molecule has 1 aromatic carbocycles. The average molecular weight is 799 g/mol. The maximum absolute atomic E-state index is 14.3. The van der Waals surface area contributed by atoms with Crippen molar-refractivity contribution >= 4 is 61.7 Å². The van der Waals surface area contributed by atoms with Crippen LogP contribution in [0.1, 0.15) is 82.9 Å². The topological polar surface area (TPSA) is 160 Å². The van der Waals surface area contributed by atoms with Gasteiger partial charge in [0.25, 0.3) is 5.91 Å². The van der Waals surface area contributed by atoms with Gasteiger partial charge < -0.3 is 24.6 Å². The first-order chi connectivity index (χ1) is 25.6. The molecule has 3 fully saturated rings. The third-order valence-electron chi connectivity index (χ3n) is 11.3. The van der Waals surface area contributed by atoms with Gasteiger partial charge in [-0.2, -0.15) is 0 Å². The molecule has 7 rings (SSSR count). The minimum atomic E-state index is -3.95. The number of aromatic nitrogens is 2. The minimum absolute atomic E-state index is 0.0292. The molecule has 2 aliphatic heterocycles. The van der Waals surface area contributed by atoms with E-state index in [-0.39, 0.29) is 31.2 Å². The normalized spacial score (nSPS) is 26.1. The molecule has 4 aliphatic rings. The molecule has 290 valence electrons. The predicted molar refractivity (Wildman–Crippen MR) is 207 cm³/mol. The number of likely N-dealkylation sites (N-methyl/N-ethyl adjacent to an activating group) is 1. The first-order valence-electron chi connectivity index (χ1n) is 18.4. The zero-order valence-corrected chi connectivity index (χ0v) is 33.8. The summed E-state index contributed by atoms with van der Waals surface area (Å²) in [6.07, 6.45) is 6.86. The zero-order chi connectivity index (χ0) is 38.7. The number of hydrogen-bond donors (Lipinski definition) is 2. The number of methoxy groups -OCH3 is 1. The molecular weight excluding hydrogens is 752 g/mol. The van der Waals surface area contributed by atoms with E-state index in [4.69, 9.17) is 31.0 Å². The van der Waals surface area contributed by atoms with Crippen LogP contribution < -0.4 is 19.5 Å². The fraction of sp³-hybridized carbons (Fsp3) is 0.553. The van der Waals surface area contributed by atoms with Crippen molar-refractivity contribution in [1.29, 1.82) is 0 Å². The maximum Gasteiger partial charge on any atom is 0.319 e. The molecule has 4 heterocycles.